The van der Waals surface area contributed by atoms with Gasteiger partial charge in [-0.3, -0.25) is 0 Å². The van der Waals surface area contributed by atoms with E-state index in [0.717, 1.165) is 13.0 Å². The smallest absolute Gasteiger partial charge is 0.0887 e. The molecule has 1 atom stereocenters. The molecule has 1 heterocycles. The summed E-state index contributed by atoms with van der Waals surface area (Å²) in [6.07, 6.45) is 1.32. The first-order chi connectivity index (χ1) is 4.17. The highest BCUT2D eigenvalue weighted by atomic mass is 16.6. The van der Waals surface area contributed by atoms with Crippen LogP contribution < -0.4 is 0 Å². The molecule has 0 amide bonds. The maximum atomic E-state index is 5.42. The van der Waals surface area contributed by atoms with Crippen molar-refractivity contribution >= 4 is 0 Å². The van der Waals surface area contributed by atoms with E-state index in [1.807, 2.05) is 0 Å². The third kappa shape index (κ3) is 1.25. The van der Waals surface area contributed by atoms with E-state index in [-0.39, 0.29) is 11.7 Å². The van der Waals surface area contributed by atoms with Gasteiger partial charge in [-0.25, -0.2) is 0 Å². The van der Waals surface area contributed by atoms with E-state index >= 15 is 0 Å². The Balaban J connectivity index is 2.52. The zero-order valence-electron chi connectivity index (χ0n) is 6.31. The Bertz CT molecular complexity index is 99.1. The van der Waals surface area contributed by atoms with E-state index in [4.69, 9.17) is 9.47 Å². The molecule has 0 saturated carbocycles. The Kier molecular flexibility index (Phi) is 1.78. The Morgan fingerprint density at radius 3 is 2.44 bits per heavy atom. The number of rotatable bonds is 1. The first-order valence-electron chi connectivity index (χ1n) is 3.33. The van der Waals surface area contributed by atoms with Crippen LogP contribution in [0.5, 0.6) is 0 Å². The molecule has 0 aromatic carbocycles. The summed E-state index contributed by atoms with van der Waals surface area (Å²) in [5.74, 6) is 0. The van der Waals surface area contributed by atoms with Gasteiger partial charge < -0.3 is 9.47 Å². The van der Waals surface area contributed by atoms with Crippen LogP contribution in [0.1, 0.15) is 20.3 Å². The Morgan fingerprint density at radius 1 is 1.56 bits per heavy atom. The lowest BCUT2D eigenvalue weighted by Crippen LogP contribution is -2.33. The molecule has 0 aromatic heterocycles. The van der Waals surface area contributed by atoms with Gasteiger partial charge in [-0.1, -0.05) is 0 Å². The van der Waals surface area contributed by atoms with Gasteiger partial charge in [-0.05, 0) is 20.3 Å². The van der Waals surface area contributed by atoms with Gasteiger partial charge in [-0.15, -0.1) is 0 Å². The molecule has 0 radical (unpaired) electrons. The molecule has 1 saturated heterocycles. The third-order valence-corrected chi connectivity index (χ3v) is 1.91. The predicted octanol–water partition coefficient (Wildman–Crippen LogP) is 1.20. The van der Waals surface area contributed by atoms with E-state index in [2.05, 4.69) is 13.8 Å². The number of methoxy groups -OCH3 is 1. The summed E-state index contributed by atoms with van der Waals surface area (Å²) in [4.78, 5) is 0. The van der Waals surface area contributed by atoms with Crippen molar-refractivity contribution < 1.29 is 9.47 Å². The highest BCUT2D eigenvalue weighted by Gasteiger charge is 2.35. The lowest BCUT2D eigenvalue weighted by atomic mass is 10.0. The molecule has 1 fully saturated rings. The first-order valence-corrected chi connectivity index (χ1v) is 3.33. The molecule has 0 aromatic rings. The fourth-order valence-electron chi connectivity index (χ4n) is 1.27. The zero-order valence-corrected chi connectivity index (χ0v) is 6.31. The van der Waals surface area contributed by atoms with Gasteiger partial charge in [0.15, 0.2) is 0 Å². The summed E-state index contributed by atoms with van der Waals surface area (Å²) in [5, 5.41) is 0. The Labute approximate surface area is 56.2 Å². The van der Waals surface area contributed by atoms with Crippen LogP contribution in [0.2, 0.25) is 0 Å². The summed E-state index contributed by atoms with van der Waals surface area (Å²) < 4.78 is 10.6. The van der Waals surface area contributed by atoms with Crippen molar-refractivity contribution in [2.75, 3.05) is 13.7 Å². The molecule has 0 N–H and O–H groups in total. The number of ether oxygens (including phenoxy) is 2. The van der Waals surface area contributed by atoms with Crippen LogP contribution in [0, 0.1) is 0 Å². The molecular weight excluding hydrogens is 116 g/mol. The van der Waals surface area contributed by atoms with Gasteiger partial charge in [0.2, 0.25) is 0 Å². The second kappa shape index (κ2) is 2.27. The topological polar surface area (TPSA) is 18.5 Å². The first kappa shape index (κ1) is 7.03. The highest BCUT2D eigenvalue weighted by molar-refractivity contribution is 4.85. The summed E-state index contributed by atoms with van der Waals surface area (Å²) >= 11 is 0. The molecule has 0 spiro atoms. The van der Waals surface area contributed by atoms with Crippen molar-refractivity contribution in [3.63, 3.8) is 0 Å². The normalized spacial score (nSPS) is 33.0. The number of hydrogen-bond donors (Lipinski definition) is 0. The van der Waals surface area contributed by atoms with Crippen LogP contribution in [-0.2, 0) is 9.47 Å². The molecular formula is C7H14O2. The standard InChI is InChI=1S/C7H14O2/c1-7(2)6(8-3)4-5-9-7/h6H,4-5H2,1-3H3/t6-/m0/s1. The predicted molar refractivity (Wildman–Crippen MR) is 35.4 cm³/mol. The summed E-state index contributed by atoms with van der Waals surface area (Å²) in [6, 6.07) is 0. The van der Waals surface area contributed by atoms with Crippen LogP contribution in [0.3, 0.4) is 0 Å². The van der Waals surface area contributed by atoms with Crippen LogP contribution >= 0.6 is 0 Å². The van der Waals surface area contributed by atoms with Gasteiger partial charge in [-0.2, -0.15) is 0 Å². The van der Waals surface area contributed by atoms with Crippen LogP contribution in [0.15, 0.2) is 0 Å². The van der Waals surface area contributed by atoms with Crippen molar-refractivity contribution in [3.8, 4) is 0 Å². The summed E-state index contributed by atoms with van der Waals surface area (Å²) in [5.41, 5.74) is -0.0608. The van der Waals surface area contributed by atoms with E-state index in [9.17, 15) is 0 Å². The third-order valence-electron chi connectivity index (χ3n) is 1.91. The van der Waals surface area contributed by atoms with E-state index in [1.165, 1.54) is 0 Å². The van der Waals surface area contributed by atoms with Gasteiger partial charge >= 0.3 is 0 Å². The quantitative estimate of drug-likeness (QED) is 0.531. The minimum atomic E-state index is -0.0608. The fraction of sp³-hybridized carbons (Fsp3) is 1.00. The minimum Gasteiger partial charge on any atom is -0.378 e. The molecule has 9 heavy (non-hydrogen) atoms. The molecule has 1 rings (SSSR count). The van der Waals surface area contributed by atoms with Crippen LogP contribution in [-0.4, -0.2) is 25.4 Å². The summed E-state index contributed by atoms with van der Waals surface area (Å²) in [7, 11) is 1.74. The molecule has 54 valence electrons. The lowest BCUT2D eigenvalue weighted by Gasteiger charge is -2.23. The van der Waals surface area contributed by atoms with Crippen molar-refractivity contribution in [3.05, 3.63) is 0 Å². The Hall–Kier alpha value is -0.0800. The van der Waals surface area contributed by atoms with Crippen LogP contribution in [0.4, 0.5) is 0 Å². The Morgan fingerprint density at radius 2 is 2.22 bits per heavy atom. The van der Waals surface area contributed by atoms with Crippen molar-refractivity contribution in [1.82, 2.24) is 0 Å². The zero-order chi connectivity index (χ0) is 6.91. The number of hydrogen-bond acceptors (Lipinski definition) is 2. The molecule has 0 unspecified atom stereocenters. The second-order valence-electron chi connectivity index (χ2n) is 2.96. The fourth-order valence-corrected chi connectivity index (χ4v) is 1.27. The minimum absolute atomic E-state index is 0.0608. The molecule has 2 heteroatoms. The van der Waals surface area contributed by atoms with Gasteiger partial charge in [0.05, 0.1) is 18.3 Å². The van der Waals surface area contributed by atoms with E-state index in [1.54, 1.807) is 7.11 Å². The van der Waals surface area contributed by atoms with Gasteiger partial charge in [0.25, 0.3) is 0 Å². The molecule has 1 aliphatic heterocycles. The largest absolute Gasteiger partial charge is 0.378 e. The maximum Gasteiger partial charge on any atom is 0.0887 e. The van der Waals surface area contributed by atoms with E-state index < -0.39 is 0 Å². The molecule has 2 nitrogen and oxygen atoms in total. The van der Waals surface area contributed by atoms with Gasteiger partial charge in [0.1, 0.15) is 0 Å². The highest BCUT2D eigenvalue weighted by Crippen LogP contribution is 2.26. The average molecular weight is 130 g/mol. The molecule has 1 aliphatic rings. The maximum absolute atomic E-state index is 5.42. The monoisotopic (exact) mass is 130 g/mol. The van der Waals surface area contributed by atoms with Gasteiger partial charge in [0, 0.05) is 7.11 Å². The van der Waals surface area contributed by atoms with E-state index in [0.29, 0.717) is 0 Å². The SMILES string of the molecule is CO[C@H]1CCOC1(C)C. The molecule has 0 bridgehead atoms. The van der Waals surface area contributed by atoms with Crippen molar-refractivity contribution in [2.24, 2.45) is 0 Å². The second-order valence-corrected chi connectivity index (χ2v) is 2.96. The van der Waals surface area contributed by atoms with Crippen molar-refractivity contribution in [2.45, 2.75) is 32.0 Å². The van der Waals surface area contributed by atoms with Crippen LogP contribution in [0.25, 0.3) is 0 Å². The van der Waals surface area contributed by atoms with Crippen molar-refractivity contribution in [1.29, 1.82) is 0 Å². The summed E-state index contributed by atoms with van der Waals surface area (Å²) in [6.45, 7) is 4.97. The average Bonchev–Trinajstić information content (AvgIpc) is 2.08. The lowest BCUT2D eigenvalue weighted by molar-refractivity contribution is -0.0465. The molecule has 0 aliphatic carbocycles.